The molecule has 1 aromatic carbocycles. The second-order valence-electron chi connectivity index (χ2n) is 3.22. The van der Waals surface area contributed by atoms with Gasteiger partial charge in [-0.3, -0.25) is 10.1 Å². The van der Waals surface area contributed by atoms with E-state index in [2.05, 4.69) is 15.5 Å². The highest BCUT2D eigenvalue weighted by Crippen LogP contribution is 2.48. The Morgan fingerprint density at radius 1 is 1.28 bits per heavy atom. The normalized spacial score (nSPS) is 10.7. The van der Waals surface area contributed by atoms with Crippen molar-refractivity contribution in [2.45, 2.75) is 6.16 Å². The summed E-state index contributed by atoms with van der Waals surface area (Å²) in [6, 6.07) is 1.60. The first-order valence-corrected chi connectivity index (χ1v) is 8.36. The van der Waals surface area contributed by atoms with Gasteiger partial charge in [-0.05, 0) is 13.3 Å². The SMILES string of the molecule is COc1cc(CPBr)c([N+](=O)[O-])c(OC)c1OC. The summed E-state index contributed by atoms with van der Waals surface area (Å²) in [7, 11) is 4.63. The van der Waals surface area contributed by atoms with Crippen LogP contribution in [0.3, 0.4) is 0 Å². The van der Waals surface area contributed by atoms with Gasteiger partial charge in [0, 0.05) is 11.7 Å². The first-order chi connectivity index (χ1) is 8.60. The number of rotatable bonds is 6. The number of benzene rings is 1. The van der Waals surface area contributed by atoms with Crippen LogP contribution in [0.25, 0.3) is 0 Å². The average molecular weight is 338 g/mol. The Labute approximate surface area is 114 Å². The van der Waals surface area contributed by atoms with Gasteiger partial charge in [0.15, 0.2) is 5.75 Å². The van der Waals surface area contributed by atoms with Crippen LogP contribution in [0.5, 0.6) is 17.2 Å². The lowest BCUT2D eigenvalue weighted by molar-refractivity contribution is -0.386. The maximum absolute atomic E-state index is 11.2. The highest BCUT2D eigenvalue weighted by atomic mass is 79.9. The largest absolute Gasteiger partial charge is 0.493 e. The van der Waals surface area contributed by atoms with Crippen LogP contribution in [0.1, 0.15) is 5.56 Å². The number of nitro groups is 1. The minimum Gasteiger partial charge on any atom is -0.493 e. The Balaban J connectivity index is 3.57. The molecule has 0 aliphatic heterocycles. The van der Waals surface area contributed by atoms with Crippen LogP contribution in [-0.2, 0) is 6.16 Å². The number of ether oxygens (including phenoxy) is 3. The third-order valence-corrected chi connectivity index (χ3v) is 3.68. The summed E-state index contributed by atoms with van der Waals surface area (Å²) in [5.41, 5.74) is 0.465. The molecule has 0 fully saturated rings. The standard InChI is InChI=1S/C10H13BrNO5P/c1-15-7-4-6(5-18-11)8(12(13)14)10(17-3)9(7)16-2/h4,18H,5H2,1-3H3. The maximum atomic E-state index is 11.2. The predicted molar refractivity (Wildman–Crippen MR) is 73.7 cm³/mol. The minimum atomic E-state index is -0.469. The van der Waals surface area contributed by atoms with Crippen molar-refractivity contribution >= 4 is 28.5 Å². The molecule has 0 aliphatic rings. The van der Waals surface area contributed by atoms with E-state index in [1.165, 1.54) is 21.3 Å². The summed E-state index contributed by atoms with van der Waals surface area (Å²) in [6.45, 7) is 0. The van der Waals surface area contributed by atoms with Crippen molar-refractivity contribution in [3.63, 3.8) is 0 Å². The summed E-state index contributed by atoms with van der Waals surface area (Å²) in [5, 5.41) is 11.2. The molecule has 1 atom stereocenters. The molecule has 0 N–H and O–H groups in total. The molecule has 0 aliphatic carbocycles. The molecular weight excluding hydrogens is 325 g/mol. The summed E-state index contributed by atoms with van der Waals surface area (Å²) in [6.07, 6.45) is 0.521. The van der Waals surface area contributed by atoms with E-state index in [0.29, 0.717) is 24.8 Å². The number of nitrogens with zero attached hydrogens (tertiary/aromatic N) is 1. The molecule has 8 heteroatoms. The third-order valence-electron chi connectivity index (χ3n) is 2.32. The van der Waals surface area contributed by atoms with Gasteiger partial charge < -0.3 is 14.2 Å². The van der Waals surface area contributed by atoms with E-state index in [9.17, 15) is 10.1 Å². The van der Waals surface area contributed by atoms with Crippen LogP contribution in [0.4, 0.5) is 5.69 Å². The third kappa shape index (κ3) is 2.84. The molecule has 0 saturated heterocycles. The van der Waals surface area contributed by atoms with Gasteiger partial charge in [-0.25, -0.2) is 0 Å². The Morgan fingerprint density at radius 2 is 1.89 bits per heavy atom. The van der Waals surface area contributed by atoms with Crippen molar-refractivity contribution in [1.29, 1.82) is 0 Å². The molecule has 6 nitrogen and oxygen atoms in total. The smallest absolute Gasteiger partial charge is 0.318 e. The van der Waals surface area contributed by atoms with E-state index in [1.54, 1.807) is 6.07 Å². The molecule has 0 radical (unpaired) electrons. The number of nitro benzene ring substituents is 1. The van der Waals surface area contributed by atoms with Gasteiger partial charge in [-0.2, -0.15) is 0 Å². The molecule has 0 spiro atoms. The van der Waals surface area contributed by atoms with Gasteiger partial charge in [-0.1, -0.05) is 15.5 Å². The van der Waals surface area contributed by atoms with Gasteiger partial charge in [0.25, 0.3) is 0 Å². The fourth-order valence-electron chi connectivity index (χ4n) is 1.60. The molecular formula is C10H13BrNO5P. The van der Waals surface area contributed by atoms with E-state index < -0.39 is 4.92 Å². The quantitative estimate of drug-likeness (QED) is 0.453. The summed E-state index contributed by atoms with van der Waals surface area (Å²) < 4.78 is 15.4. The van der Waals surface area contributed by atoms with Crippen LogP contribution >= 0.6 is 22.8 Å². The van der Waals surface area contributed by atoms with Gasteiger partial charge in [-0.15, -0.1) is 0 Å². The minimum absolute atomic E-state index is 0.0814. The maximum Gasteiger partial charge on any atom is 0.318 e. The van der Waals surface area contributed by atoms with Crippen LogP contribution in [-0.4, -0.2) is 26.3 Å². The summed E-state index contributed by atoms with van der Waals surface area (Å²) in [5.74, 6) is 0.733. The molecule has 100 valence electrons. The number of hydrogen-bond donors (Lipinski definition) is 0. The lowest BCUT2D eigenvalue weighted by Crippen LogP contribution is -2.02. The van der Waals surface area contributed by atoms with Crippen LogP contribution < -0.4 is 14.2 Å². The Morgan fingerprint density at radius 3 is 2.28 bits per heavy atom. The monoisotopic (exact) mass is 337 g/mol. The molecule has 0 bridgehead atoms. The zero-order valence-electron chi connectivity index (χ0n) is 10.2. The number of halogens is 1. The first-order valence-electron chi connectivity index (χ1n) is 4.90. The van der Waals surface area contributed by atoms with Gasteiger partial charge in [0.05, 0.1) is 26.3 Å². The summed E-state index contributed by atoms with van der Waals surface area (Å²) in [4.78, 5) is 10.7. The lowest BCUT2D eigenvalue weighted by atomic mass is 10.1. The Kier molecular flexibility index (Phi) is 5.62. The highest BCUT2D eigenvalue weighted by molar-refractivity contribution is 9.36. The number of hydrogen-bond acceptors (Lipinski definition) is 5. The molecule has 0 aromatic heterocycles. The predicted octanol–water partition coefficient (Wildman–Crippen LogP) is 3.11. The molecule has 18 heavy (non-hydrogen) atoms. The van der Waals surface area contributed by atoms with Gasteiger partial charge in [0.1, 0.15) is 0 Å². The second kappa shape index (κ2) is 6.75. The van der Waals surface area contributed by atoms with Crippen molar-refractivity contribution in [2.24, 2.45) is 0 Å². The molecule has 1 rings (SSSR count). The Bertz CT molecular complexity index is 454. The lowest BCUT2D eigenvalue weighted by Gasteiger charge is -2.14. The molecule has 1 unspecified atom stereocenters. The fourth-order valence-corrected chi connectivity index (χ4v) is 2.92. The van der Waals surface area contributed by atoms with Crippen LogP contribution in [0.15, 0.2) is 6.07 Å². The van der Waals surface area contributed by atoms with E-state index in [-0.39, 0.29) is 17.2 Å². The van der Waals surface area contributed by atoms with E-state index in [0.717, 1.165) is 0 Å². The van der Waals surface area contributed by atoms with Crippen molar-refractivity contribution < 1.29 is 19.1 Å². The highest BCUT2D eigenvalue weighted by Gasteiger charge is 2.28. The zero-order chi connectivity index (χ0) is 13.7. The molecule has 0 amide bonds. The fraction of sp³-hybridized carbons (Fsp3) is 0.400. The molecule has 1 aromatic rings. The van der Waals surface area contributed by atoms with Crippen molar-refractivity contribution in [2.75, 3.05) is 21.3 Å². The van der Waals surface area contributed by atoms with Crippen molar-refractivity contribution in [3.05, 3.63) is 21.7 Å². The van der Waals surface area contributed by atoms with Crippen molar-refractivity contribution in [3.8, 4) is 17.2 Å². The Hall–Kier alpha value is -1.07. The van der Waals surface area contributed by atoms with E-state index in [4.69, 9.17) is 14.2 Å². The second-order valence-corrected chi connectivity index (χ2v) is 5.52. The topological polar surface area (TPSA) is 70.8 Å². The van der Waals surface area contributed by atoms with Gasteiger partial charge in [0.2, 0.25) is 11.5 Å². The van der Waals surface area contributed by atoms with Crippen LogP contribution in [0.2, 0.25) is 0 Å². The van der Waals surface area contributed by atoms with Crippen molar-refractivity contribution in [1.82, 2.24) is 0 Å². The zero-order valence-corrected chi connectivity index (χ0v) is 12.7. The average Bonchev–Trinajstić information content (AvgIpc) is 2.36. The summed E-state index contributed by atoms with van der Waals surface area (Å²) >= 11 is 3.29. The van der Waals surface area contributed by atoms with E-state index >= 15 is 0 Å². The van der Waals surface area contributed by atoms with Crippen LogP contribution in [0, 0.1) is 10.1 Å². The number of methoxy groups -OCH3 is 3. The van der Waals surface area contributed by atoms with E-state index in [1.807, 2.05) is 0 Å². The first kappa shape index (κ1) is 15.0. The molecule has 0 saturated carbocycles. The molecule has 0 heterocycles. The van der Waals surface area contributed by atoms with Gasteiger partial charge >= 0.3 is 5.69 Å².